The highest BCUT2D eigenvalue weighted by atomic mass is 16.5. The van der Waals surface area contributed by atoms with Crippen LogP contribution in [0, 0.1) is 0 Å². The molecule has 0 saturated heterocycles. The average Bonchev–Trinajstić information content (AvgIpc) is 3.04. The lowest BCUT2D eigenvalue weighted by Gasteiger charge is -2.26. The van der Waals surface area contributed by atoms with E-state index in [0.717, 1.165) is 22.3 Å². The Kier molecular flexibility index (Phi) is 7.18. The molecule has 2 aromatic carbocycles. The Balaban J connectivity index is 1.56. The smallest absolute Gasteiger partial charge is 0.407 e. The van der Waals surface area contributed by atoms with Gasteiger partial charge in [-0.1, -0.05) is 55.5 Å². The topological polar surface area (TPSA) is 105 Å². The summed E-state index contributed by atoms with van der Waals surface area (Å²) in [6, 6.07) is 15.8. The maximum absolute atomic E-state index is 12.5. The number of amides is 2. The van der Waals surface area contributed by atoms with Gasteiger partial charge >= 0.3 is 12.1 Å². The number of fused-ring (bicyclic) bond motifs is 3. The minimum atomic E-state index is -0.987. The second-order valence-corrected chi connectivity index (χ2v) is 8.78. The third kappa shape index (κ3) is 5.66. The van der Waals surface area contributed by atoms with Crippen LogP contribution in [0.25, 0.3) is 11.1 Å². The maximum Gasteiger partial charge on any atom is 0.407 e. The Morgan fingerprint density at radius 2 is 1.59 bits per heavy atom. The van der Waals surface area contributed by atoms with E-state index >= 15 is 0 Å². The number of carboxylic acid groups (broad SMARTS) is 1. The zero-order chi connectivity index (χ0) is 23.3. The van der Waals surface area contributed by atoms with Gasteiger partial charge < -0.3 is 20.5 Å². The molecule has 1 aliphatic carbocycles. The second-order valence-electron chi connectivity index (χ2n) is 8.78. The largest absolute Gasteiger partial charge is 0.481 e. The molecule has 0 saturated carbocycles. The van der Waals surface area contributed by atoms with Crippen molar-refractivity contribution in [3.63, 3.8) is 0 Å². The van der Waals surface area contributed by atoms with Crippen molar-refractivity contribution < 1.29 is 24.2 Å². The molecule has 0 radical (unpaired) electrons. The van der Waals surface area contributed by atoms with Gasteiger partial charge in [0.05, 0.1) is 6.42 Å². The van der Waals surface area contributed by atoms with Crippen molar-refractivity contribution in [2.45, 2.75) is 57.5 Å². The minimum absolute atomic E-state index is 0.0339. The quantitative estimate of drug-likeness (QED) is 0.548. The van der Waals surface area contributed by atoms with Crippen molar-refractivity contribution >= 4 is 18.0 Å². The summed E-state index contributed by atoms with van der Waals surface area (Å²) < 4.78 is 5.55. The number of carboxylic acids is 1. The lowest BCUT2D eigenvalue weighted by molar-refractivity contribution is -0.138. The van der Waals surface area contributed by atoms with Gasteiger partial charge in [-0.3, -0.25) is 9.59 Å². The molecular formula is C25H30N2O5. The molecule has 2 amide bonds. The van der Waals surface area contributed by atoms with Crippen LogP contribution in [0.1, 0.15) is 57.1 Å². The Bertz CT molecular complexity index is 956. The van der Waals surface area contributed by atoms with Crippen molar-refractivity contribution in [3.8, 4) is 11.1 Å². The van der Waals surface area contributed by atoms with Gasteiger partial charge in [-0.15, -0.1) is 0 Å². The summed E-state index contributed by atoms with van der Waals surface area (Å²) in [6.07, 6.45) is -0.174. The van der Waals surface area contributed by atoms with Crippen molar-refractivity contribution in [1.82, 2.24) is 10.6 Å². The first-order chi connectivity index (χ1) is 15.2. The molecule has 0 bridgehead atoms. The molecule has 170 valence electrons. The summed E-state index contributed by atoms with van der Waals surface area (Å²) in [7, 11) is 0. The van der Waals surface area contributed by atoms with Crippen LogP contribution in [0.3, 0.4) is 0 Å². The highest BCUT2D eigenvalue weighted by Crippen LogP contribution is 2.44. The number of carbonyl (C=O) groups excluding carboxylic acids is 2. The molecule has 1 atom stereocenters. The molecular weight excluding hydrogens is 408 g/mol. The Morgan fingerprint density at radius 1 is 1.03 bits per heavy atom. The molecule has 1 aliphatic rings. The monoisotopic (exact) mass is 438 g/mol. The fourth-order valence-electron chi connectivity index (χ4n) is 4.18. The van der Waals surface area contributed by atoms with E-state index in [1.807, 2.05) is 31.2 Å². The predicted octanol–water partition coefficient (Wildman–Crippen LogP) is 4.06. The number of rotatable bonds is 9. The summed E-state index contributed by atoms with van der Waals surface area (Å²) >= 11 is 0. The molecule has 3 N–H and O–H groups in total. The van der Waals surface area contributed by atoms with Crippen LogP contribution < -0.4 is 10.6 Å². The number of aliphatic carboxylic acids is 1. The molecule has 0 fully saturated rings. The summed E-state index contributed by atoms with van der Waals surface area (Å²) in [5.74, 6) is -1.34. The Hall–Kier alpha value is -3.35. The highest BCUT2D eigenvalue weighted by molar-refractivity contribution is 5.80. The van der Waals surface area contributed by atoms with E-state index in [2.05, 4.69) is 34.9 Å². The zero-order valence-electron chi connectivity index (χ0n) is 18.7. The third-order valence-electron chi connectivity index (χ3n) is 5.66. The lowest BCUT2D eigenvalue weighted by atomic mass is 9.98. The van der Waals surface area contributed by atoms with Crippen LogP contribution in [-0.4, -0.2) is 41.3 Å². The van der Waals surface area contributed by atoms with E-state index in [0.29, 0.717) is 6.42 Å². The van der Waals surface area contributed by atoms with Gasteiger partial charge in [0.15, 0.2) is 0 Å². The normalized spacial score (nSPS) is 13.6. The first-order valence-corrected chi connectivity index (χ1v) is 10.8. The Morgan fingerprint density at radius 3 is 2.12 bits per heavy atom. The lowest BCUT2D eigenvalue weighted by Crippen LogP contribution is -2.47. The fraction of sp³-hybridized carbons (Fsp3) is 0.400. The maximum atomic E-state index is 12.5. The van der Waals surface area contributed by atoms with Crippen LogP contribution >= 0.6 is 0 Å². The molecule has 32 heavy (non-hydrogen) atoms. The van der Waals surface area contributed by atoms with E-state index in [1.165, 1.54) is 0 Å². The number of nitrogens with one attached hydrogen (secondary N) is 2. The molecule has 1 unspecified atom stereocenters. The highest BCUT2D eigenvalue weighted by Gasteiger charge is 2.29. The molecule has 3 rings (SSSR count). The van der Waals surface area contributed by atoms with Crippen LogP contribution in [0.15, 0.2) is 48.5 Å². The number of ether oxygens (including phenoxy) is 1. The Labute approximate surface area is 188 Å². The van der Waals surface area contributed by atoms with Gasteiger partial charge in [-0.25, -0.2) is 4.79 Å². The number of alkyl carbamates (subject to hydrolysis) is 1. The first kappa shape index (κ1) is 23.3. The van der Waals surface area contributed by atoms with Crippen molar-refractivity contribution in [2.75, 3.05) is 6.61 Å². The third-order valence-corrected chi connectivity index (χ3v) is 5.66. The van der Waals surface area contributed by atoms with Crippen molar-refractivity contribution in [1.29, 1.82) is 0 Å². The average molecular weight is 439 g/mol. The van der Waals surface area contributed by atoms with Crippen LogP contribution in [-0.2, 0) is 14.3 Å². The standard InChI is InChI=1S/C25H30N2O5/c1-4-16(13-22(28)27-25(2,3)14-23(29)30)26-24(31)32-15-21-19-11-7-5-9-17(19)18-10-6-8-12-20(18)21/h5-12,16,21H,4,13-15H2,1-3H3,(H,26,31)(H,27,28)(H,29,30). The van der Waals surface area contributed by atoms with Crippen LogP contribution in [0.4, 0.5) is 4.79 Å². The van der Waals surface area contributed by atoms with Gasteiger partial charge in [0.2, 0.25) is 5.91 Å². The number of hydrogen-bond acceptors (Lipinski definition) is 4. The number of carbonyl (C=O) groups is 3. The number of hydrogen-bond donors (Lipinski definition) is 3. The minimum Gasteiger partial charge on any atom is -0.481 e. The SMILES string of the molecule is CCC(CC(=O)NC(C)(C)CC(=O)O)NC(=O)OCC1c2ccccc2-c2ccccc21. The van der Waals surface area contributed by atoms with Gasteiger partial charge in [0, 0.05) is 23.9 Å². The van der Waals surface area contributed by atoms with Crippen LogP contribution in [0.5, 0.6) is 0 Å². The van der Waals surface area contributed by atoms with E-state index in [9.17, 15) is 14.4 Å². The van der Waals surface area contributed by atoms with E-state index in [-0.39, 0.29) is 31.3 Å². The van der Waals surface area contributed by atoms with Crippen molar-refractivity contribution in [2.24, 2.45) is 0 Å². The van der Waals surface area contributed by atoms with Gasteiger partial charge in [0.25, 0.3) is 0 Å². The predicted molar refractivity (Wildman–Crippen MR) is 121 cm³/mol. The summed E-state index contributed by atoms with van der Waals surface area (Å²) in [5.41, 5.74) is 3.71. The summed E-state index contributed by atoms with van der Waals surface area (Å²) in [5, 5.41) is 14.4. The molecule has 7 nitrogen and oxygen atoms in total. The van der Waals surface area contributed by atoms with Gasteiger partial charge in [-0.05, 0) is 42.5 Å². The van der Waals surface area contributed by atoms with Crippen LogP contribution in [0.2, 0.25) is 0 Å². The van der Waals surface area contributed by atoms with Gasteiger partial charge in [0.1, 0.15) is 6.61 Å². The number of benzene rings is 2. The van der Waals surface area contributed by atoms with E-state index in [1.54, 1.807) is 13.8 Å². The molecule has 2 aromatic rings. The summed E-state index contributed by atoms with van der Waals surface area (Å²) in [6.45, 7) is 5.37. The molecule has 0 spiro atoms. The second kappa shape index (κ2) is 9.85. The molecule has 7 heteroatoms. The van der Waals surface area contributed by atoms with Gasteiger partial charge in [-0.2, -0.15) is 0 Å². The molecule has 0 heterocycles. The molecule has 0 aromatic heterocycles. The zero-order valence-corrected chi connectivity index (χ0v) is 18.7. The first-order valence-electron chi connectivity index (χ1n) is 10.8. The van der Waals surface area contributed by atoms with Crippen molar-refractivity contribution in [3.05, 3.63) is 59.7 Å². The van der Waals surface area contributed by atoms with E-state index < -0.39 is 23.6 Å². The molecule has 0 aliphatic heterocycles. The van der Waals surface area contributed by atoms with E-state index in [4.69, 9.17) is 9.84 Å². The fourth-order valence-corrected chi connectivity index (χ4v) is 4.18. The summed E-state index contributed by atoms with van der Waals surface area (Å²) in [4.78, 5) is 35.7.